The Kier molecular flexibility index (Phi) is 4.37. The van der Waals surface area contributed by atoms with Gasteiger partial charge in [-0.3, -0.25) is 4.79 Å². The molecule has 0 aliphatic carbocycles. The zero-order chi connectivity index (χ0) is 12.1. The summed E-state index contributed by atoms with van der Waals surface area (Å²) >= 11 is 3.30. The number of carbonyl (C=O) groups excluding carboxylic acids is 1. The molecule has 16 heavy (non-hydrogen) atoms. The van der Waals surface area contributed by atoms with Crippen molar-refractivity contribution in [3.05, 3.63) is 40.2 Å². The molecule has 1 N–H and O–H groups in total. The van der Waals surface area contributed by atoms with Crippen LogP contribution in [0.25, 0.3) is 0 Å². The van der Waals surface area contributed by atoms with E-state index in [1.54, 1.807) is 6.07 Å². The highest BCUT2D eigenvalue weighted by Gasteiger charge is 2.06. The average Bonchev–Trinajstić information content (AvgIpc) is 2.20. The van der Waals surface area contributed by atoms with E-state index < -0.39 is 0 Å². The minimum Gasteiger partial charge on any atom is -0.510 e. The van der Waals surface area contributed by atoms with E-state index >= 15 is 0 Å². The topological polar surface area (TPSA) is 62.0 Å². The molecular weight excluding hydrogens is 272 g/mol. The van der Waals surface area contributed by atoms with Crippen molar-refractivity contribution < 1.29 is 9.90 Å². The van der Waals surface area contributed by atoms with Crippen LogP contribution in [0.1, 0.15) is 13.8 Å². The van der Waals surface area contributed by atoms with Gasteiger partial charge in [0.15, 0.2) is 11.5 Å². The van der Waals surface area contributed by atoms with Gasteiger partial charge in [0.25, 0.3) is 0 Å². The second-order valence-corrected chi connectivity index (χ2v) is 4.00. The largest absolute Gasteiger partial charge is 0.510 e. The molecule has 1 aromatic rings. The van der Waals surface area contributed by atoms with Crippen molar-refractivity contribution in [1.29, 1.82) is 0 Å². The Morgan fingerprint density at radius 3 is 2.44 bits per heavy atom. The molecule has 0 saturated heterocycles. The fraction of sp³-hybridized carbons (Fsp3) is 0.182. The van der Waals surface area contributed by atoms with Crippen LogP contribution >= 0.6 is 15.9 Å². The number of Topliss-reactive ketones (excluding diaryl/α,β-unsaturated/α-hetero) is 1. The maximum absolute atomic E-state index is 11.1. The number of aliphatic hydroxyl groups is 1. The van der Waals surface area contributed by atoms with E-state index in [9.17, 15) is 9.90 Å². The van der Waals surface area contributed by atoms with E-state index in [4.69, 9.17) is 0 Å². The molecule has 4 nitrogen and oxygen atoms in total. The van der Waals surface area contributed by atoms with E-state index in [1.165, 1.54) is 13.8 Å². The summed E-state index contributed by atoms with van der Waals surface area (Å²) in [4.78, 5) is 11.1. The van der Waals surface area contributed by atoms with Gasteiger partial charge < -0.3 is 5.11 Å². The van der Waals surface area contributed by atoms with Crippen molar-refractivity contribution in [3.8, 4) is 0 Å². The number of azo groups is 1. The summed E-state index contributed by atoms with van der Waals surface area (Å²) < 4.78 is 0.775. The normalized spacial score (nSPS) is 12.7. The number of ketones is 1. The number of benzene rings is 1. The number of nitrogens with zero attached hydrogens (tertiary/aromatic N) is 2. The van der Waals surface area contributed by atoms with Crippen LogP contribution in [0.2, 0.25) is 0 Å². The molecule has 1 rings (SSSR count). The Balaban J connectivity index is 3.02. The van der Waals surface area contributed by atoms with E-state index in [0.29, 0.717) is 5.69 Å². The highest BCUT2D eigenvalue weighted by molar-refractivity contribution is 9.10. The highest BCUT2D eigenvalue weighted by Crippen LogP contribution is 2.25. The Hall–Kier alpha value is -1.49. The van der Waals surface area contributed by atoms with Crippen molar-refractivity contribution in [3.63, 3.8) is 0 Å². The number of rotatable bonds is 3. The molecule has 5 heteroatoms. The zero-order valence-corrected chi connectivity index (χ0v) is 10.5. The van der Waals surface area contributed by atoms with Gasteiger partial charge in [0.1, 0.15) is 5.76 Å². The van der Waals surface area contributed by atoms with Gasteiger partial charge in [-0.05, 0) is 35.0 Å². The highest BCUT2D eigenvalue weighted by atomic mass is 79.9. The van der Waals surface area contributed by atoms with Crippen molar-refractivity contribution >= 4 is 27.4 Å². The lowest BCUT2D eigenvalue weighted by atomic mass is 10.3. The smallest absolute Gasteiger partial charge is 0.183 e. The number of hydrogen-bond donors (Lipinski definition) is 1. The fourth-order valence-corrected chi connectivity index (χ4v) is 1.40. The first-order valence-corrected chi connectivity index (χ1v) is 5.38. The van der Waals surface area contributed by atoms with Crippen molar-refractivity contribution in [2.24, 2.45) is 10.2 Å². The van der Waals surface area contributed by atoms with E-state index in [0.717, 1.165) is 4.47 Å². The Labute approximate surface area is 102 Å². The first-order chi connectivity index (χ1) is 7.52. The predicted octanol–water partition coefficient (Wildman–Crippen LogP) is 3.91. The van der Waals surface area contributed by atoms with Crippen molar-refractivity contribution in [2.75, 3.05) is 0 Å². The summed E-state index contributed by atoms with van der Waals surface area (Å²) in [5.74, 6) is -0.459. The van der Waals surface area contributed by atoms with Crippen molar-refractivity contribution in [2.45, 2.75) is 13.8 Å². The molecule has 84 valence electrons. The third-order valence-corrected chi connectivity index (χ3v) is 2.46. The Morgan fingerprint density at radius 2 is 1.94 bits per heavy atom. The standard InChI is InChI=1S/C11H11BrN2O2/c1-7(15)11(8(2)16)14-13-10-6-4-3-5-9(10)12/h3-6,15H,1-2H3/b11-7-,14-13?. The fourth-order valence-electron chi connectivity index (χ4n) is 1.03. The van der Waals surface area contributed by atoms with Gasteiger partial charge in [0, 0.05) is 11.4 Å². The second-order valence-electron chi connectivity index (χ2n) is 3.14. The molecule has 1 aromatic carbocycles. The van der Waals surface area contributed by atoms with Crippen LogP contribution in [0.4, 0.5) is 5.69 Å². The summed E-state index contributed by atoms with van der Waals surface area (Å²) in [6.07, 6.45) is 0. The molecule has 0 fully saturated rings. The first-order valence-electron chi connectivity index (χ1n) is 4.59. The van der Waals surface area contributed by atoms with Crippen LogP contribution in [0, 0.1) is 0 Å². The van der Waals surface area contributed by atoms with Gasteiger partial charge in [-0.15, -0.1) is 10.2 Å². The predicted molar refractivity (Wildman–Crippen MR) is 64.7 cm³/mol. The van der Waals surface area contributed by atoms with Gasteiger partial charge in [0.2, 0.25) is 0 Å². The molecule has 0 aromatic heterocycles. The third-order valence-electron chi connectivity index (χ3n) is 1.79. The lowest BCUT2D eigenvalue weighted by Gasteiger charge is -1.98. The van der Waals surface area contributed by atoms with Crippen LogP contribution in [-0.4, -0.2) is 10.9 Å². The number of carbonyl (C=O) groups is 1. The monoisotopic (exact) mass is 282 g/mol. The Morgan fingerprint density at radius 1 is 1.31 bits per heavy atom. The maximum Gasteiger partial charge on any atom is 0.183 e. The summed E-state index contributed by atoms with van der Waals surface area (Å²) in [6, 6.07) is 7.22. The average molecular weight is 283 g/mol. The van der Waals surface area contributed by atoms with Crippen LogP contribution in [0.3, 0.4) is 0 Å². The maximum atomic E-state index is 11.1. The number of allylic oxidation sites excluding steroid dienone is 2. The molecule has 0 amide bonds. The summed E-state index contributed by atoms with van der Waals surface area (Å²) in [6.45, 7) is 2.73. The van der Waals surface area contributed by atoms with Crippen LogP contribution in [0.15, 0.2) is 50.4 Å². The van der Waals surface area contributed by atoms with Gasteiger partial charge in [-0.1, -0.05) is 12.1 Å². The molecule has 0 bridgehead atoms. The Bertz CT molecular complexity index is 463. The quantitative estimate of drug-likeness (QED) is 0.519. The third kappa shape index (κ3) is 3.27. The van der Waals surface area contributed by atoms with Crippen LogP contribution < -0.4 is 0 Å². The van der Waals surface area contributed by atoms with E-state index in [2.05, 4.69) is 26.2 Å². The van der Waals surface area contributed by atoms with Crippen molar-refractivity contribution in [1.82, 2.24) is 0 Å². The lowest BCUT2D eigenvalue weighted by Crippen LogP contribution is -1.96. The van der Waals surface area contributed by atoms with Crippen LogP contribution in [0.5, 0.6) is 0 Å². The molecule has 0 unspecified atom stereocenters. The lowest BCUT2D eigenvalue weighted by molar-refractivity contribution is -0.113. The SMILES string of the molecule is CC(=O)/C(N=Nc1ccccc1Br)=C(\C)O. The molecule has 0 heterocycles. The van der Waals surface area contributed by atoms with E-state index in [-0.39, 0.29) is 17.2 Å². The van der Waals surface area contributed by atoms with E-state index in [1.807, 2.05) is 18.2 Å². The first kappa shape index (κ1) is 12.6. The molecule has 0 radical (unpaired) electrons. The summed E-state index contributed by atoms with van der Waals surface area (Å²) in [5, 5.41) is 16.8. The number of hydrogen-bond acceptors (Lipinski definition) is 4. The van der Waals surface area contributed by atoms with Crippen LogP contribution in [-0.2, 0) is 4.79 Å². The molecule has 0 aliphatic heterocycles. The van der Waals surface area contributed by atoms with Gasteiger partial charge in [-0.25, -0.2) is 0 Å². The van der Waals surface area contributed by atoms with Gasteiger partial charge >= 0.3 is 0 Å². The summed E-state index contributed by atoms with van der Waals surface area (Å²) in [7, 11) is 0. The van der Waals surface area contributed by atoms with Gasteiger partial charge in [0.05, 0.1) is 5.69 Å². The molecular formula is C11H11BrN2O2. The number of halogens is 1. The van der Waals surface area contributed by atoms with Gasteiger partial charge in [-0.2, -0.15) is 0 Å². The molecule has 0 spiro atoms. The summed E-state index contributed by atoms with van der Waals surface area (Å²) in [5.41, 5.74) is 0.568. The number of aliphatic hydroxyl groups excluding tert-OH is 1. The molecule has 0 saturated carbocycles. The minimum atomic E-state index is -0.323. The molecule has 0 atom stereocenters. The molecule has 0 aliphatic rings. The second kappa shape index (κ2) is 5.55. The zero-order valence-electron chi connectivity index (χ0n) is 8.94. The minimum absolute atomic E-state index is 0.0317.